The van der Waals surface area contributed by atoms with Crippen LogP contribution < -0.4 is 5.73 Å². The first-order valence-corrected chi connectivity index (χ1v) is 3.43. The molecule has 0 aliphatic rings. The lowest BCUT2D eigenvalue weighted by atomic mass is 10.2. The lowest BCUT2D eigenvalue weighted by Gasteiger charge is -1.93. The molecule has 0 radical (unpaired) electrons. The van der Waals surface area contributed by atoms with E-state index in [1.54, 1.807) is 0 Å². The molecule has 1 rings (SSSR count). The molecule has 0 bridgehead atoms. The minimum Gasteiger partial charge on any atom is -0.399 e. The van der Waals surface area contributed by atoms with Crippen molar-refractivity contribution in [1.82, 2.24) is 0 Å². The Balaban J connectivity index is 0.000000261. The number of hydrogen-bond acceptors (Lipinski definition) is 3. The van der Waals surface area contributed by atoms with Gasteiger partial charge in [0.2, 0.25) is 0 Å². The summed E-state index contributed by atoms with van der Waals surface area (Å²) < 4.78 is 0. The second kappa shape index (κ2) is 5.12. The third-order valence-electron chi connectivity index (χ3n) is 1.19. The molecule has 0 saturated heterocycles. The monoisotopic (exact) mass is 168 g/mol. The first-order chi connectivity index (χ1) is 5.54. The van der Waals surface area contributed by atoms with E-state index in [9.17, 15) is 0 Å². The highest BCUT2D eigenvalue weighted by Gasteiger charge is 1.84. The zero-order valence-corrected chi connectivity index (χ0v) is 7.15. The van der Waals surface area contributed by atoms with Crippen LogP contribution in [0.3, 0.4) is 0 Å². The lowest BCUT2D eigenvalue weighted by molar-refractivity contribution is -0.445. The van der Waals surface area contributed by atoms with Gasteiger partial charge in [-0.15, -0.1) is 0 Å². The van der Waals surface area contributed by atoms with Crippen molar-refractivity contribution in [2.24, 2.45) is 0 Å². The maximum Gasteiger partial charge on any atom is 0.194 e. The summed E-state index contributed by atoms with van der Waals surface area (Å²) in [4.78, 5) is 8.31. The predicted octanol–water partition coefficient (Wildman–Crippen LogP) is 1.47. The number of nitrogen functional groups attached to an aromatic ring is 1. The molecule has 1 aromatic rings. The fraction of sp³-hybridized carbons (Fsp3) is 0.250. The maximum atomic E-state index is 8.81. The molecule has 4 heteroatoms. The minimum absolute atomic E-state index is 0.500. The molecule has 0 amide bonds. The molecule has 0 fully saturated rings. The molecule has 0 saturated carbocycles. The highest BCUT2D eigenvalue weighted by Crippen LogP contribution is 2.06. The Morgan fingerprint density at radius 2 is 1.83 bits per heavy atom. The molecule has 0 atom stereocenters. The minimum atomic E-state index is -0.500. The molecule has 66 valence electrons. The number of nitrogens with two attached hydrogens (primary N) is 1. The average molecular weight is 168 g/mol. The number of aryl methyl sites for hydroxylation is 1. The van der Waals surface area contributed by atoms with Crippen LogP contribution in [0.1, 0.15) is 5.56 Å². The quantitative estimate of drug-likeness (QED) is 0.362. The molecular weight excluding hydrogens is 156 g/mol. The average Bonchev–Trinajstić information content (AvgIpc) is 1.94. The van der Waals surface area contributed by atoms with Crippen LogP contribution in [0.2, 0.25) is 0 Å². The zero-order valence-electron chi connectivity index (χ0n) is 7.15. The number of benzene rings is 1. The summed E-state index contributed by atoms with van der Waals surface area (Å²) in [6.07, 6.45) is 0. The number of anilines is 1. The van der Waals surface area contributed by atoms with Crippen LogP contribution in [0.5, 0.6) is 0 Å². The highest BCUT2D eigenvalue weighted by molar-refractivity contribution is 5.44. The molecule has 0 spiro atoms. The Morgan fingerprint density at radius 3 is 2.08 bits per heavy atom. The Bertz CT molecular complexity index is 236. The van der Waals surface area contributed by atoms with E-state index in [4.69, 9.17) is 15.8 Å². The smallest absolute Gasteiger partial charge is 0.194 e. The van der Waals surface area contributed by atoms with Crippen molar-refractivity contribution in [2.45, 2.75) is 6.92 Å². The van der Waals surface area contributed by atoms with E-state index < -0.39 is 4.92 Å². The van der Waals surface area contributed by atoms with E-state index in [0.29, 0.717) is 0 Å². The third kappa shape index (κ3) is 5.22. The van der Waals surface area contributed by atoms with Gasteiger partial charge in [0, 0.05) is 10.6 Å². The zero-order chi connectivity index (χ0) is 9.56. The molecule has 0 aliphatic heterocycles. The summed E-state index contributed by atoms with van der Waals surface area (Å²) in [5.41, 5.74) is 7.53. The van der Waals surface area contributed by atoms with Gasteiger partial charge in [-0.1, -0.05) is 18.2 Å². The standard InChI is InChI=1S/C7H9N.CH3NO2/c1-6-4-2-3-5-7(6)8;1-2(3)4/h2-5H,8H2,1H3;1H3. The third-order valence-corrected chi connectivity index (χ3v) is 1.19. The van der Waals surface area contributed by atoms with Crippen molar-refractivity contribution in [3.8, 4) is 0 Å². The van der Waals surface area contributed by atoms with Crippen LogP contribution in [0.15, 0.2) is 24.3 Å². The molecular formula is C8H12N2O2. The summed E-state index contributed by atoms with van der Waals surface area (Å²) in [6, 6.07) is 7.80. The van der Waals surface area contributed by atoms with Gasteiger partial charge in [-0.3, -0.25) is 10.1 Å². The van der Waals surface area contributed by atoms with Gasteiger partial charge in [-0.2, -0.15) is 0 Å². The van der Waals surface area contributed by atoms with Gasteiger partial charge in [-0.05, 0) is 18.6 Å². The topological polar surface area (TPSA) is 69.2 Å². The van der Waals surface area contributed by atoms with Crippen molar-refractivity contribution >= 4 is 5.69 Å². The van der Waals surface area contributed by atoms with Crippen molar-refractivity contribution in [1.29, 1.82) is 0 Å². The number of nitrogens with zero attached hydrogens (tertiary/aromatic N) is 1. The van der Waals surface area contributed by atoms with Crippen molar-refractivity contribution in [3.05, 3.63) is 39.9 Å². The Morgan fingerprint density at radius 1 is 1.42 bits per heavy atom. The van der Waals surface area contributed by atoms with E-state index in [1.807, 2.05) is 31.2 Å². The summed E-state index contributed by atoms with van der Waals surface area (Å²) in [5, 5.41) is 8.81. The van der Waals surface area contributed by atoms with E-state index in [1.165, 1.54) is 0 Å². The first kappa shape index (κ1) is 10.4. The van der Waals surface area contributed by atoms with Crippen LogP contribution in [0, 0.1) is 17.0 Å². The van der Waals surface area contributed by atoms with Gasteiger partial charge >= 0.3 is 0 Å². The van der Waals surface area contributed by atoms with E-state index in [-0.39, 0.29) is 0 Å². The SMILES string of the molecule is C[N+](=O)[O-].Cc1ccccc1N. The normalized spacial score (nSPS) is 8.17. The molecule has 12 heavy (non-hydrogen) atoms. The fourth-order valence-electron chi connectivity index (χ4n) is 0.587. The van der Waals surface area contributed by atoms with Crippen LogP contribution in [-0.2, 0) is 0 Å². The van der Waals surface area contributed by atoms with Crippen LogP contribution in [0.4, 0.5) is 5.69 Å². The number of nitro groups is 1. The number of para-hydroxylation sites is 1. The summed E-state index contributed by atoms with van der Waals surface area (Å²) in [5.74, 6) is 0. The molecule has 0 aliphatic carbocycles. The van der Waals surface area contributed by atoms with Gasteiger partial charge in [0.25, 0.3) is 0 Å². The second-order valence-electron chi connectivity index (χ2n) is 2.30. The molecule has 0 unspecified atom stereocenters. The van der Waals surface area contributed by atoms with Gasteiger partial charge < -0.3 is 5.73 Å². The number of rotatable bonds is 0. The van der Waals surface area contributed by atoms with Crippen molar-refractivity contribution in [2.75, 3.05) is 12.8 Å². The summed E-state index contributed by atoms with van der Waals surface area (Å²) in [6.45, 7) is 2.00. The molecule has 4 nitrogen and oxygen atoms in total. The fourth-order valence-corrected chi connectivity index (χ4v) is 0.587. The summed E-state index contributed by atoms with van der Waals surface area (Å²) >= 11 is 0. The van der Waals surface area contributed by atoms with E-state index in [0.717, 1.165) is 18.3 Å². The molecule has 1 aromatic carbocycles. The Labute approximate surface area is 71.2 Å². The van der Waals surface area contributed by atoms with Crippen LogP contribution >= 0.6 is 0 Å². The second-order valence-corrected chi connectivity index (χ2v) is 2.30. The van der Waals surface area contributed by atoms with E-state index >= 15 is 0 Å². The maximum absolute atomic E-state index is 8.81. The first-order valence-electron chi connectivity index (χ1n) is 3.43. The van der Waals surface area contributed by atoms with Crippen molar-refractivity contribution < 1.29 is 4.92 Å². The largest absolute Gasteiger partial charge is 0.399 e. The van der Waals surface area contributed by atoms with Crippen LogP contribution in [-0.4, -0.2) is 12.0 Å². The Kier molecular flexibility index (Phi) is 4.45. The predicted molar refractivity (Wildman–Crippen MR) is 48.5 cm³/mol. The van der Waals surface area contributed by atoms with Crippen LogP contribution in [0.25, 0.3) is 0 Å². The molecule has 0 aromatic heterocycles. The van der Waals surface area contributed by atoms with Crippen molar-refractivity contribution in [3.63, 3.8) is 0 Å². The lowest BCUT2D eigenvalue weighted by Crippen LogP contribution is -1.85. The van der Waals surface area contributed by atoms with Gasteiger partial charge in [0.15, 0.2) is 7.05 Å². The van der Waals surface area contributed by atoms with Gasteiger partial charge in [0.1, 0.15) is 0 Å². The summed E-state index contributed by atoms with van der Waals surface area (Å²) in [7, 11) is 0.889. The van der Waals surface area contributed by atoms with Gasteiger partial charge in [0.05, 0.1) is 0 Å². The highest BCUT2D eigenvalue weighted by atomic mass is 16.6. The van der Waals surface area contributed by atoms with Gasteiger partial charge in [-0.25, -0.2) is 0 Å². The molecule has 2 N–H and O–H groups in total. The Hall–Kier alpha value is -1.58. The van der Waals surface area contributed by atoms with E-state index in [2.05, 4.69) is 0 Å². The number of hydrogen-bond donors (Lipinski definition) is 1. The molecule has 0 heterocycles.